The van der Waals surface area contributed by atoms with Crippen molar-refractivity contribution in [3.05, 3.63) is 18.2 Å². The third-order valence-electron chi connectivity index (χ3n) is 5.34. The lowest BCUT2D eigenvalue weighted by molar-refractivity contribution is -0.135. The van der Waals surface area contributed by atoms with E-state index < -0.39 is 9.84 Å². The molecule has 2 heterocycles. The molecule has 0 aliphatic carbocycles. The Kier molecular flexibility index (Phi) is 6.26. The first-order chi connectivity index (χ1) is 12.9. The lowest BCUT2D eigenvalue weighted by Gasteiger charge is -2.39. The molecule has 1 saturated heterocycles. The summed E-state index contributed by atoms with van der Waals surface area (Å²) >= 11 is 0. The number of carbonyl (C=O) groups excluding carboxylic acids is 1. The van der Waals surface area contributed by atoms with Crippen LogP contribution in [-0.2, 0) is 14.6 Å². The molecule has 0 unspecified atom stereocenters. The van der Waals surface area contributed by atoms with Crippen LogP contribution in [0.5, 0.6) is 11.5 Å². The summed E-state index contributed by atoms with van der Waals surface area (Å²) in [5, 5.41) is 0. The maximum Gasteiger partial charge on any atom is 0.223 e. The Morgan fingerprint density at radius 2 is 1.96 bits per heavy atom. The van der Waals surface area contributed by atoms with Crippen LogP contribution in [0.1, 0.15) is 32.6 Å². The van der Waals surface area contributed by atoms with Gasteiger partial charge in [-0.3, -0.25) is 4.79 Å². The van der Waals surface area contributed by atoms with Gasteiger partial charge in [-0.15, -0.1) is 0 Å². The van der Waals surface area contributed by atoms with Crippen molar-refractivity contribution in [2.45, 2.75) is 43.5 Å². The van der Waals surface area contributed by atoms with Gasteiger partial charge in [0.05, 0.1) is 23.9 Å². The van der Waals surface area contributed by atoms with Gasteiger partial charge in [-0.1, -0.05) is 6.92 Å². The lowest BCUT2D eigenvalue weighted by atomic mass is 9.90. The zero-order valence-electron chi connectivity index (χ0n) is 15.7. The third-order valence-corrected chi connectivity index (χ3v) is 7.05. The van der Waals surface area contributed by atoms with Crippen LogP contribution in [0.2, 0.25) is 0 Å². The average molecular weight is 397 g/mol. The Bertz CT molecular complexity index is 780. The number of fused-ring (bicyclic) bond motifs is 1. The predicted molar refractivity (Wildman–Crippen MR) is 102 cm³/mol. The van der Waals surface area contributed by atoms with Gasteiger partial charge in [0, 0.05) is 38.0 Å². The highest BCUT2D eigenvalue weighted by molar-refractivity contribution is 7.91. The van der Waals surface area contributed by atoms with Gasteiger partial charge in [-0.2, -0.15) is 0 Å². The van der Waals surface area contributed by atoms with Crippen LogP contribution in [-0.4, -0.2) is 57.3 Å². The fraction of sp³-hybridized carbons (Fsp3) is 0.632. The molecule has 1 amide bonds. The molecule has 0 saturated carbocycles. The molecule has 150 valence electrons. The molecule has 2 atom stereocenters. The number of likely N-dealkylation sites (tertiary alicyclic amines) is 1. The maximum atomic E-state index is 12.7. The van der Waals surface area contributed by atoms with Crippen molar-refractivity contribution < 1.29 is 22.7 Å². The summed E-state index contributed by atoms with van der Waals surface area (Å²) in [6.45, 7) is 4.18. The van der Waals surface area contributed by atoms with E-state index in [1.165, 1.54) is 12.1 Å². The summed E-state index contributed by atoms with van der Waals surface area (Å²) in [5.41, 5.74) is 5.83. The largest absolute Gasteiger partial charge is 0.490 e. The van der Waals surface area contributed by atoms with Crippen LogP contribution in [0.25, 0.3) is 0 Å². The molecule has 0 bridgehead atoms. The van der Waals surface area contributed by atoms with Crippen molar-refractivity contribution >= 4 is 15.7 Å². The number of nitrogens with zero attached hydrogens (tertiary/aromatic N) is 1. The van der Waals surface area contributed by atoms with Crippen LogP contribution in [0.3, 0.4) is 0 Å². The number of rotatable bonds is 5. The predicted octanol–water partition coefficient (Wildman–Crippen LogP) is 1.60. The van der Waals surface area contributed by atoms with Crippen LogP contribution >= 0.6 is 0 Å². The average Bonchev–Trinajstić information content (AvgIpc) is 2.90. The Hall–Kier alpha value is -1.80. The smallest absolute Gasteiger partial charge is 0.223 e. The van der Waals surface area contributed by atoms with Crippen molar-refractivity contribution in [2.75, 3.05) is 32.1 Å². The molecule has 1 aromatic carbocycles. The van der Waals surface area contributed by atoms with Gasteiger partial charge in [0.25, 0.3) is 0 Å². The molecule has 0 radical (unpaired) electrons. The van der Waals surface area contributed by atoms with Crippen molar-refractivity contribution in [3.63, 3.8) is 0 Å². The normalized spacial score (nSPS) is 23.0. The molecule has 8 heteroatoms. The fourth-order valence-corrected chi connectivity index (χ4v) is 4.98. The monoisotopic (exact) mass is 396 g/mol. The first-order valence-electron chi connectivity index (χ1n) is 9.54. The highest BCUT2D eigenvalue weighted by Crippen LogP contribution is 2.32. The topological polar surface area (TPSA) is 98.9 Å². The van der Waals surface area contributed by atoms with E-state index in [1.54, 1.807) is 11.0 Å². The van der Waals surface area contributed by atoms with Gasteiger partial charge in [0.1, 0.15) is 0 Å². The minimum atomic E-state index is -3.59. The number of hydrogen-bond donors (Lipinski definition) is 1. The second-order valence-corrected chi connectivity index (χ2v) is 9.35. The second kappa shape index (κ2) is 8.48. The van der Waals surface area contributed by atoms with Crippen molar-refractivity contribution in [1.29, 1.82) is 0 Å². The lowest BCUT2D eigenvalue weighted by Crippen LogP contribution is -2.51. The fourth-order valence-electron chi connectivity index (χ4n) is 3.74. The van der Waals surface area contributed by atoms with Gasteiger partial charge < -0.3 is 20.1 Å². The molecule has 2 aliphatic rings. The maximum absolute atomic E-state index is 12.7. The second-order valence-electron chi connectivity index (χ2n) is 7.24. The summed E-state index contributed by atoms with van der Waals surface area (Å²) in [4.78, 5) is 14.5. The van der Waals surface area contributed by atoms with E-state index in [4.69, 9.17) is 15.2 Å². The van der Waals surface area contributed by atoms with E-state index in [2.05, 4.69) is 6.92 Å². The molecular formula is C19H28N2O5S. The van der Waals surface area contributed by atoms with E-state index in [9.17, 15) is 13.2 Å². The molecule has 7 nitrogen and oxygen atoms in total. The third kappa shape index (κ3) is 4.55. The Morgan fingerprint density at radius 3 is 2.70 bits per heavy atom. The highest BCUT2D eigenvalue weighted by atomic mass is 32.2. The van der Waals surface area contributed by atoms with Gasteiger partial charge in [0.15, 0.2) is 21.3 Å². The summed E-state index contributed by atoms with van der Waals surface area (Å²) < 4.78 is 36.5. The molecular weight excluding hydrogens is 368 g/mol. The van der Waals surface area contributed by atoms with E-state index in [0.29, 0.717) is 43.7 Å². The minimum Gasteiger partial charge on any atom is -0.490 e. The first kappa shape index (κ1) is 19.9. The number of benzene rings is 1. The number of nitrogens with two attached hydrogens (primary N) is 1. The quantitative estimate of drug-likeness (QED) is 0.812. The standard InChI is InChI=1S/C19H28N2O5S/c1-14-4-2-8-21(16(14)13-20)19(22)7-11-27(23,24)15-5-6-17-18(12-15)26-10-3-9-25-17/h5-6,12,14,16H,2-4,7-11,13,20H2,1H3/t14-,16+/m0/s1. The van der Waals surface area contributed by atoms with Gasteiger partial charge in [0.2, 0.25) is 5.91 Å². The number of carbonyl (C=O) groups is 1. The molecule has 2 N–H and O–H groups in total. The van der Waals surface area contributed by atoms with Crippen molar-refractivity contribution in [1.82, 2.24) is 4.90 Å². The molecule has 1 aromatic rings. The molecule has 0 spiro atoms. The van der Waals surface area contributed by atoms with Crippen LogP contribution in [0, 0.1) is 5.92 Å². The molecule has 27 heavy (non-hydrogen) atoms. The van der Waals surface area contributed by atoms with Crippen molar-refractivity contribution in [3.8, 4) is 11.5 Å². The summed E-state index contributed by atoms with van der Waals surface area (Å²) in [6, 6.07) is 4.61. The molecule has 2 aliphatic heterocycles. The summed E-state index contributed by atoms with van der Waals surface area (Å²) in [6.07, 6.45) is 2.68. The first-order valence-corrected chi connectivity index (χ1v) is 11.2. The van der Waals surface area contributed by atoms with E-state index in [0.717, 1.165) is 19.3 Å². The van der Waals surface area contributed by atoms with Gasteiger partial charge in [-0.25, -0.2) is 8.42 Å². The number of sulfone groups is 1. The van der Waals surface area contributed by atoms with Crippen LogP contribution in [0.15, 0.2) is 23.1 Å². The highest BCUT2D eigenvalue weighted by Gasteiger charge is 2.31. The summed E-state index contributed by atoms with van der Waals surface area (Å²) in [5.74, 6) is 0.956. The molecule has 3 rings (SSSR count). The van der Waals surface area contributed by atoms with E-state index in [1.807, 2.05) is 0 Å². The van der Waals surface area contributed by atoms with Gasteiger partial charge >= 0.3 is 0 Å². The van der Waals surface area contributed by atoms with Gasteiger partial charge in [-0.05, 0) is 30.9 Å². The number of hydrogen-bond acceptors (Lipinski definition) is 6. The number of piperidine rings is 1. The Balaban J connectivity index is 1.68. The zero-order chi connectivity index (χ0) is 19.4. The van der Waals surface area contributed by atoms with Crippen LogP contribution in [0.4, 0.5) is 0 Å². The van der Waals surface area contributed by atoms with Crippen LogP contribution < -0.4 is 15.2 Å². The van der Waals surface area contributed by atoms with E-state index >= 15 is 0 Å². The van der Waals surface area contributed by atoms with Crippen molar-refractivity contribution in [2.24, 2.45) is 11.7 Å². The molecule has 1 fully saturated rings. The van der Waals surface area contributed by atoms with E-state index in [-0.39, 0.29) is 29.0 Å². The zero-order valence-corrected chi connectivity index (χ0v) is 16.5. The number of amides is 1. The summed E-state index contributed by atoms with van der Waals surface area (Å²) in [7, 11) is -3.59. The molecule has 0 aromatic heterocycles. The minimum absolute atomic E-state index is 0.00741. The number of ether oxygens (including phenoxy) is 2. The SMILES string of the molecule is C[C@H]1CCCN(C(=O)CCS(=O)(=O)c2ccc3c(c2)OCCCO3)[C@@H]1CN. The Morgan fingerprint density at radius 1 is 1.22 bits per heavy atom. The Labute approximate surface area is 160 Å².